The summed E-state index contributed by atoms with van der Waals surface area (Å²) in [4.78, 5) is 23.7. The molecule has 4 N–H and O–H groups in total. The molecule has 1 aliphatic heterocycles. The Hall–Kier alpha value is -1.59. The summed E-state index contributed by atoms with van der Waals surface area (Å²) in [5.74, 6) is -0.701. The van der Waals surface area contributed by atoms with E-state index in [2.05, 4.69) is 10.6 Å². The van der Waals surface area contributed by atoms with Crippen molar-refractivity contribution in [2.24, 2.45) is 5.73 Å². The van der Waals surface area contributed by atoms with Crippen LogP contribution in [-0.2, 0) is 9.59 Å². The lowest BCUT2D eigenvalue weighted by Crippen LogP contribution is -2.42. The Bertz CT molecular complexity index is 479. The van der Waals surface area contributed by atoms with Crippen LogP contribution < -0.4 is 16.4 Å². The van der Waals surface area contributed by atoms with E-state index in [-0.39, 0.29) is 36.7 Å². The van der Waals surface area contributed by atoms with Crippen LogP contribution in [0.3, 0.4) is 0 Å². The number of carbonyl (C=O) groups excluding carboxylic acids is 2. The van der Waals surface area contributed by atoms with Gasteiger partial charge in [-0.1, -0.05) is 18.2 Å². The first kappa shape index (κ1) is 15.5. The van der Waals surface area contributed by atoms with Gasteiger partial charge in [-0.15, -0.1) is 12.4 Å². The summed E-state index contributed by atoms with van der Waals surface area (Å²) in [5.41, 5.74) is 7.05. The van der Waals surface area contributed by atoms with Crippen LogP contribution in [0.1, 0.15) is 24.8 Å². The quantitative estimate of drug-likeness (QED) is 0.774. The van der Waals surface area contributed by atoms with E-state index in [0.717, 1.165) is 5.56 Å². The topological polar surface area (TPSA) is 84.2 Å². The molecule has 2 amide bonds. The Kier molecular flexibility index (Phi) is 5.32. The molecule has 0 aliphatic carbocycles. The van der Waals surface area contributed by atoms with Crippen molar-refractivity contribution in [1.82, 2.24) is 5.32 Å². The summed E-state index contributed by atoms with van der Waals surface area (Å²) < 4.78 is 0. The molecule has 104 valence electrons. The van der Waals surface area contributed by atoms with Gasteiger partial charge in [0.05, 0.1) is 5.92 Å². The molecule has 1 heterocycles. The number of para-hydroxylation sites is 1. The molecule has 1 aliphatic rings. The Labute approximate surface area is 118 Å². The molecule has 0 spiro atoms. The van der Waals surface area contributed by atoms with Crippen LogP contribution in [-0.4, -0.2) is 24.4 Å². The zero-order valence-corrected chi connectivity index (χ0v) is 11.5. The van der Waals surface area contributed by atoms with E-state index < -0.39 is 5.92 Å². The maximum absolute atomic E-state index is 12.1. The lowest BCUT2D eigenvalue weighted by molar-refractivity contribution is -0.126. The molecule has 1 aromatic rings. The Morgan fingerprint density at radius 2 is 2.21 bits per heavy atom. The van der Waals surface area contributed by atoms with Crippen LogP contribution in [0.15, 0.2) is 24.3 Å². The summed E-state index contributed by atoms with van der Waals surface area (Å²) in [7, 11) is 0. The summed E-state index contributed by atoms with van der Waals surface area (Å²) in [6, 6.07) is 7.28. The first-order valence-corrected chi connectivity index (χ1v) is 6.01. The number of carbonyl (C=O) groups is 2. The molecule has 0 saturated carbocycles. The molecule has 0 radical (unpaired) electrons. The number of anilines is 1. The average molecular weight is 284 g/mol. The van der Waals surface area contributed by atoms with Crippen LogP contribution in [0.5, 0.6) is 0 Å². The van der Waals surface area contributed by atoms with Crippen LogP contribution in [0.2, 0.25) is 0 Å². The van der Waals surface area contributed by atoms with Crippen molar-refractivity contribution in [3.63, 3.8) is 0 Å². The Morgan fingerprint density at radius 1 is 1.53 bits per heavy atom. The summed E-state index contributed by atoms with van der Waals surface area (Å²) in [5, 5.41) is 5.59. The van der Waals surface area contributed by atoms with Gasteiger partial charge >= 0.3 is 0 Å². The number of benzene rings is 1. The highest BCUT2D eigenvalue weighted by Gasteiger charge is 2.30. The highest BCUT2D eigenvalue weighted by molar-refractivity contribution is 6.01. The second kappa shape index (κ2) is 6.54. The second-order valence-corrected chi connectivity index (χ2v) is 4.54. The molecule has 6 heteroatoms. The first-order valence-electron chi connectivity index (χ1n) is 6.01. The number of nitrogens with two attached hydrogens (primary N) is 1. The van der Waals surface area contributed by atoms with Gasteiger partial charge in [-0.2, -0.15) is 0 Å². The van der Waals surface area contributed by atoms with E-state index in [0.29, 0.717) is 12.2 Å². The minimum Gasteiger partial charge on any atom is -0.352 e. The van der Waals surface area contributed by atoms with E-state index in [1.807, 2.05) is 25.1 Å². The number of rotatable bonds is 3. The van der Waals surface area contributed by atoms with Gasteiger partial charge in [-0.05, 0) is 18.6 Å². The fraction of sp³-hybridized carbons (Fsp3) is 0.385. The Morgan fingerprint density at radius 3 is 2.89 bits per heavy atom. The van der Waals surface area contributed by atoms with Gasteiger partial charge in [0.2, 0.25) is 11.8 Å². The zero-order chi connectivity index (χ0) is 13.1. The molecule has 5 nitrogen and oxygen atoms in total. The van der Waals surface area contributed by atoms with Gasteiger partial charge in [0.15, 0.2) is 0 Å². The maximum Gasteiger partial charge on any atom is 0.228 e. The van der Waals surface area contributed by atoms with Gasteiger partial charge in [0, 0.05) is 24.7 Å². The molecule has 19 heavy (non-hydrogen) atoms. The van der Waals surface area contributed by atoms with Gasteiger partial charge in [-0.3, -0.25) is 9.59 Å². The van der Waals surface area contributed by atoms with Gasteiger partial charge in [-0.25, -0.2) is 0 Å². The normalized spacial score (nSPS) is 18.6. The average Bonchev–Trinajstić information content (AvgIpc) is 2.37. The monoisotopic (exact) mass is 283 g/mol. The third-order valence-electron chi connectivity index (χ3n) is 3.06. The van der Waals surface area contributed by atoms with Gasteiger partial charge in [0.25, 0.3) is 0 Å². The van der Waals surface area contributed by atoms with Crippen molar-refractivity contribution < 1.29 is 9.59 Å². The molecular weight excluding hydrogens is 266 g/mol. The van der Waals surface area contributed by atoms with E-state index >= 15 is 0 Å². The number of fused-ring (bicyclic) bond motifs is 1. The highest BCUT2D eigenvalue weighted by Crippen LogP contribution is 2.31. The van der Waals surface area contributed by atoms with Crippen LogP contribution in [0.4, 0.5) is 5.69 Å². The first-order chi connectivity index (χ1) is 8.61. The van der Waals surface area contributed by atoms with Crippen molar-refractivity contribution >= 4 is 29.9 Å². The number of hydrogen-bond donors (Lipinski definition) is 3. The molecule has 0 fully saturated rings. The Balaban J connectivity index is 0.00000180. The largest absolute Gasteiger partial charge is 0.352 e. The standard InChI is InChI=1S/C13H17N3O2.ClH/c1-8(7-14)15-13(18)10-6-12(17)16-11-5-3-2-4-9(10)11;/h2-5,8,10H,6-7,14H2,1H3,(H,15,18)(H,16,17);1H/t8-,10?;/m0./s1. The van der Waals surface area contributed by atoms with Crippen LogP contribution in [0.25, 0.3) is 0 Å². The van der Waals surface area contributed by atoms with Crippen LogP contribution >= 0.6 is 12.4 Å². The minimum absolute atomic E-state index is 0. The maximum atomic E-state index is 12.1. The number of hydrogen-bond acceptors (Lipinski definition) is 3. The third kappa shape index (κ3) is 3.45. The third-order valence-corrected chi connectivity index (χ3v) is 3.06. The zero-order valence-electron chi connectivity index (χ0n) is 10.7. The predicted molar refractivity (Wildman–Crippen MR) is 76.3 cm³/mol. The smallest absolute Gasteiger partial charge is 0.228 e. The molecule has 2 atom stereocenters. The predicted octanol–water partition coefficient (Wildman–Crippen LogP) is 0.998. The lowest BCUT2D eigenvalue weighted by atomic mass is 9.89. The molecule has 2 rings (SSSR count). The summed E-state index contributed by atoms with van der Waals surface area (Å²) >= 11 is 0. The van der Waals surface area contributed by atoms with E-state index in [1.54, 1.807) is 6.07 Å². The molecular formula is C13H18ClN3O2. The molecule has 1 aromatic carbocycles. The lowest BCUT2D eigenvalue weighted by Gasteiger charge is -2.25. The molecule has 1 unspecified atom stereocenters. The highest BCUT2D eigenvalue weighted by atomic mass is 35.5. The van der Waals surface area contributed by atoms with Crippen LogP contribution in [0, 0.1) is 0 Å². The van der Waals surface area contributed by atoms with E-state index in [9.17, 15) is 9.59 Å². The van der Waals surface area contributed by atoms with Gasteiger partial charge < -0.3 is 16.4 Å². The molecule has 0 saturated heterocycles. The number of amides is 2. The van der Waals surface area contributed by atoms with E-state index in [1.165, 1.54) is 0 Å². The minimum atomic E-state index is -0.427. The fourth-order valence-corrected chi connectivity index (χ4v) is 2.05. The van der Waals surface area contributed by atoms with Crippen molar-refractivity contribution in [3.05, 3.63) is 29.8 Å². The summed E-state index contributed by atoms with van der Waals surface area (Å²) in [6.07, 6.45) is 0.181. The molecule has 0 aromatic heterocycles. The van der Waals surface area contributed by atoms with Crippen molar-refractivity contribution in [2.45, 2.75) is 25.3 Å². The van der Waals surface area contributed by atoms with Crippen molar-refractivity contribution in [2.75, 3.05) is 11.9 Å². The SMILES string of the molecule is C[C@@H](CN)NC(=O)C1CC(=O)Nc2ccccc21.Cl. The van der Waals surface area contributed by atoms with Crippen molar-refractivity contribution in [3.8, 4) is 0 Å². The fourth-order valence-electron chi connectivity index (χ4n) is 2.05. The van der Waals surface area contributed by atoms with Gasteiger partial charge in [0.1, 0.15) is 0 Å². The second-order valence-electron chi connectivity index (χ2n) is 4.54. The number of halogens is 1. The van der Waals surface area contributed by atoms with E-state index in [4.69, 9.17) is 5.73 Å². The molecule has 0 bridgehead atoms. The van der Waals surface area contributed by atoms with Crippen molar-refractivity contribution in [1.29, 1.82) is 0 Å². The summed E-state index contributed by atoms with van der Waals surface area (Å²) in [6.45, 7) is 2.22. The number of nitrogens with one attached hydrogen (secondary N) is 2.